The van der Waals surface area contributed by atoms with E-state index in [1.165, 1.54) is 17.7 Å². The summed E-state index contributed by atoms with van der Waals surface area (Å²) in [6.07, 6.45) is 6.90. The smallest absolute Gasteiger partial charge is 0.143 e. The quantitative estimate of drug-likeness (QED) is 0.555. The van der Waals surface area contributed by atoms with Crippen molar-refractivity contribution in [3.63, 3.8) is 0 Å². The zero-order chi connectivity index (χ0) is 12.0. The summed E-state index contributed by atoms with van der Waals surface area (Å²) in [7, 11) is 0. The van der Waals surface area contributed by atoms with Crippen LogP contribution in [-0.2, 0) is 4.74 Å². The number of hydrogen-bond acceptors (Lipinski definition) is 1. The van der Waals surface area contributed by atoms with E-state index >= 15 is 0 Å². The van der Waals surface area contributed by atoms with E-state index in [0.29, 0.717) is 6.61 Å². The normalized spacial score (nSPS) is 11.6. The first-order chi connectivity index (χ1) is 7.63. The minimum atomic E-state index is -0.420. The van der Waals surface area contributed by atoms with Gasteiger partial charge < -0.3 is 4.74 Å². The van der Waals surface area contributed by atoms with Crippen molar-refractivity contribution in [1.29, 1.82) is 0 Å². The molecule has 0 N–H and O–H groups in total. The van der Waals surface area contributed by atoms with Gasteiger partial charge >= 0.3 is 0 Å². The monoisotopic (exact) mass is 218 g/mol. The lowest BCUT2D eigenvalue weighted by Crippen LogP contribution is -2.02. The third kappa shape index (κ3) is 3.88. The Morgan fingerprint density at radius 1 is 1.44 bits per heavy atom. The fourth-order valence-electron chi connectivity index (χ4n) is 1.19. The number of rotatable bonds is 4. The molecule has 1 nitrogen and oxygen atoms in total. The summed E-state index contributed by atoms with van der Waals surface area (Å²) in [6.45, 7) is 4.45. The van der Waals surface area contributed by atoms with Crippen molar-refractivity contribution in [1.82, 2.24) is 0 Å². The summed E-state index contributed by atoms with van der Waals surface area (Å²) in [5.41, 5.74) is 1.97. The van der Waals surface area contributed by atoms with Crippen LogP contribution in [0, 0.1) is 18.2 Å². The van der Waals surface area contributed by atoms with Gasteiger partial charge in [0.1, 0.15) is 11.9 Å². The van der Waals surface area contributed by atoms with E-state index in [4.69, 9.17) is 11.2 Å². The van der Waals surface area contributed by atoms with Crippen molar-refractivity contribution in [3.05, 3.63) is 47.3 Å². The Labute approximate surface area is 95.9 Å². The molecule has 0 saturated carbocycles. The summed E-state index contributed by atoms with van der Waals surface area (Å²) < 4.78 is 18.2. The summed E-state index contributed by atoms with van der Waals surface area (Å²) >= 11 is 0. The first kappa shape index (κ1) is 12.5. The molecule has 1 aromatic carbocycles. The molecule has 0 aliphatic heterocycles. The maximum atomic E-state index is 12.7. The number of hydrogen-bond donors (Lipinski definition) is 0. The lowest BCUT2D eigenvalue weighted by Gasteiger charge is -2.11. The maximum absolute atomic E-state index is 12.7. The van der Waals surface area contributed by atoms with Gasteiger partial charge in [0, 0.05) is 0 Å². The van der Waals surface area contributed by atoms with Crippen molar-refractivity contribution >= 4 is 0 Å². The first-order valence-electron chi connectivity index (χ1n) is 5.10. The molecule has 84 valence electrons. The van der Waals surface area contributed by atoms with Gasteiger partial charge in [-0.3, -0.25) is 0 Å². The Bertz CT molecular complexity index is 394. The van der Waals surface area contributed by atoms with Gasteiger partial charge in [-0.05, 0) is 31.5 Å². The van der Waals surface area contributed by atoms with Crippen LogP contribution in [-0.4, -0.2) is 6.61 Å². The van der Waals surface area contributed by atoms with Gasteiger partial charge in [0.05, 0.1) is 6.61 Å². The molecule has 1 rings (SSSR count). The predicted octanol–water partition coefficient (Wildman–Crippen LogP) is 3.48. The molecule has 0 heterocycles. The van der Waals surface area contributed by atoms with Gasteiger partial charge in [-0.25, -0.2) is 4.39 Å². The standard InChI is InChI=1S/C14H15FO/c1-4-14(16-10-9-11(2)3)12-5-7-13(15)8-6-12/h1,5-9,14H,10H2,2-3H3. The van der Waals surface area contributed by atoms with Gasteiger partial charge in [-0.2, -0.15) is 0 Å². The zero-order valence-corrected chi connectivity index (χ0v) is 9.53. The molecule has 0 bridgehead atoms. The van der Waals surface area contributed by atoms with Crippen molar-refractivity contribution in [2.24, 2.45) is 0 Å². The van der Waals surface area contributed by atoms with Crippen molar-refractivity contribution in [2.45, 2.75) is 20.0 Å². The minimum absolute atomic E-state index is 0.274. The summed E-state index contributed by atoms with van der Waals surface area (Å²) in [5, 5.41) is 0. The maximum Gasteiger partial charge on any atom is 0.143 e. The lowest BCUT2D eigenvalue weighted by atomic mass is 10.1. The van der Waals surface area contributed by atoms with Gasteiger partial charge in [-0.1, -0.05) is 29.7 Å². The highest BCUT2D eigenvalue weighted by molar-refractivity contribution is 5.24. The fourth-order valence-corrected chi connectivity index (χ4v) is 1.19. The van der Waals surface area contributed by atoms with E-state index in [1.807, 2.05) is 19.9 Å². The highest BCUT2D eigenvalue weighted by Gasteiger charge is 2.07. The molecule has 1 aromatic rings. The van der Waals surface area contributed by atoms with Gasteiger partial charge in [-0.15, -0.1) is 6.42 Å². The molecule has 0 aliphatic rings. The van der Waals surface area contributed by atoms with E-state index in [2.05, 4.69) is 5.92 Å². The Balaban J connectivity index is 2.65. The fraction of sp³-hybridized carbons (Fsp3) is 0.286. The van der Waals surface area contributed by atoms with Crippen LogP contribution < -0.4 is 0 Å². The van der Waals surface area contributed by atoms with E-state index in [1.54, 1.807) is 12.1 Å². The van der Waals surface area contributed by atoms with Crippen molar-refractivity contribution in [3.8, 4) is 12.3 Å². The Hall–Kier alpha value is -1.59. The zero-order valence-electron chi connectivity index (χ0n) is 9.53. The molecule has 0 radical (unpaired) electrons. The summed E-state index contributed by atoms with van der Waals surface area (Å²) in [5.74, 6) is 2.26. The van der Waals surface area contributed by atoms with E-state index < -0.39 is 6.10 Å². The lowest BCUT2D eigenvalue weighted by molar-refractivity contribution is 0.117. The topological polar surface area (TPSA) is 9.23 Å². The van der Waals surface area contributed by atoms with Gasteiger partial charge in [0.2, 0.25) is 0 Å². The number of halogens is 1. The van der Waals surface area contributed by atoms with Crippen LogP contribution >= 0.6 is 0 Å². The Morgan fingerprint density at radius 2 is 2.06 bits per heavy atom. The predicted molar refractivity (Wildman–Crippen MR) is 63.4 cm³/mol. The highest BCUT2D eigenvalue weighted by atomic mass is 19.1. The Kier molecular flexibility index (Phi) is 4.75. The Morgan fingerprint density at radius 3 is 2.56 bits per heavy atom. The van der Waals surface area contributed by atoms with Crippen LogP contribution in [0.5, 0.6) is 0 Å². The van der Waals surface area contributed by atoms with E-state index in [-0.39, 0.29) is 5.82 Å². The van der Waals surface area contributed by atoms with E-state index in [0.717, 1.165) is 5.56 Å². The van der Waals surface area contributed by atoms with Crippen LogP contribution in [0.4, 0.5) is 4.39 Å². The summed E-state index contributed by atoms with van der Waals surface area (Å²) in [6, 6.07) is 6.04. The molecule has 16 heavy (non-hydrogen) atoms. The average molecular weight is 218 g/mol. The van der Waals surface area contributed by atoms with Crippen LogP contribution in [0.25, 0.3) is 0 Å². The molecule has 0 aromatic heterocycles. The second-order valence-corrected chi connectivity index (χ2v) is 3.71. The molecule has 1 atom stereocenters. The number of allylic oxidation sites excluding steroid dienone is 1. The minimum Gasteiger partial charge on any atom is -0.357 e. The largest absolute Gasteiger partial charge is 0.357 e. The number of terminal acetylenes is 1. The SMILES string of the molecule is C#CC(OCC=C(C)C)c1ccc(F)cc1. The molecular formula is C14H15FO. The molecule has 0 spiro atoms. The molecule has 2 heteroatoms. The molecule has 0 amide bonds. The van der Waals surface area contributed by atoms with Crippen LogP contribution in [0.3, 0.4) is 0 Å². The van der Waals surface area contributed by atoms with Gasteiger partial charge in [0.25, 0.3) is 0 Å². The first-order valence-corrected chi connectivity index (χ1v) is 5.10. The molecule has 0 aliphatic carbocycles. The van der Waals surface area contributed by atoms with Crippen molar-refractivity contribution < 1.29 is 9.13 Å². The molecule has 1 unspecified atom stereocenters. The van der Waals surface area contributed by atoms with Crippen LogP contribution in [0.15, 0.2) is 35.9 Å². The number of ether oxygens (including phenoxy) is 1. The average Bonchev–Trinajstić information content (AvgIpc) is 2.26. The third-order valence-electron chi connectivity index (χ3n) is 2.08. The van der Waals surface area contributed by atoms with Gasteiger partial charge in [0.15, 0.2) is 0 Å². The molecule has 0 saturated heterocycles. The van der Waals surface area contributed by atoms with Crippen LogP contribution in [0.1, 0.15) is 25.5 Å². The third-order valence-corrected chi connectivity index (χ3v) is 2.08. The molecular weight excluding hydrogens is 203 g/mol. The second-order valence-electron chi connectivity index (χ2n) is 3.71. The highest BCUT2D eigenvalue weighted by Crippen LogP contribution is 2.16. The van der Waals surface area contributed by atoms with Crippen molar-refractivity contribution in [2.75, 3.05) is 6.61 Å². The molecule has 0 fully saturated rings. The number of benzene rings is 1. The van der Waals surface area contributed by atoms with E-state index in [9.17, 15) is 4.39 Å². The summed E-state index contributed by atoms with van der Waals surface area (Å²) in [4.78, 5) is 0. The second kappa shape index (κ2) is 6.09. The van der Waals surface area contributed by atoms with Crippen LogP contribution in [0.2, 0.25) is 0 Å².